The van der Waals surface area contributed by atoms with Crippen LogP contribution in [0.5, 0.6) is 11.5 Å². The number of methoxy groups -OCH3 is 1. The fraction of sp³-hybridized carbons (Fsp3) is 0.133. The molecule has 2 aromatic carbocycles. The molecule has 0 aliphatic rings. The second-order valence-corrected chi connectivity index (χ2v) is 4.73. The summed E-state index contributed by atoms with van der Waals surface area (Å²) in [5.41, 5.74) is 1.62. The highest BCUT2D eigenvalue weighted by Gasteiger charge is 2.13. The number of amides is 1. The molecule has 2 aromatic rings. The van der Waals surface area contributed by atoms with Gasteiger partial charge in [0.05, 0.1) is 12.7 Å². The quantitative estimate of drug-likeness (QED) is 0.908. The average molecular weight is 292 g/mol. The molecule has 0 aliphatic carbocycles. The molecule has 0 aliphatic heterocycles. The summed E-state index contributed by atoms with van der Waals surface area (Å²) in [7, 11) is 1.50. The lowest BCUT2D eigenvalue weighted by atomic mass is 10.1. The Hall–Kier alpha value is -2.20. The number of carbonyl (C=O) groups is 1. The highest BCUT2D eigenvalue weighted by atomic mass is 35.5. The highest BCUT2D eigenvalue weighted by Crippen LogP contribution is 2.25. The van der Waals surface area contributed by atoms with E-state index < -0.39 is 5.91 Å². The molecular formula is C15H14ClNO3. The van der Waals surface area contributed by atoms with Crippen LogP contribution in [-0.2, 0) is 0 Å². The maximum Gasteiger partial charge on any atom is 0.259 e. The minimum atomic E-state index is -0.424. The number of halogens is 1. The molecule has 20 heavy (non-hydrogen) atoms. The molecule has 0 atom stereocenters. The van der Waals surface area contributed by atoms with Crippen LogP contribution >= 0.6 is 11.6 Å². The van der Waals surface area contributed by atoms with E-state index >= 15 is 0 Å². The lowest BCUT2D eigenvalue weighted by Crippen LogP contribution is -2.13. The molecule has 5 heteroatoms. The first kappa shape index (κ1) is 14.2. The Labute approximate surface area is 122 Å². The molecular weight excluding hydrogens is 278 g/mol. The van der Waals surface area contributed by atoms with Crippen LogP contribution in [0.4, 0.5) is 5.69 Å². The van der Waals surface area contributed by atoms with Crippen molar-refractivity contribution in [1.82, 2.24) is 0 Å². The summed E-state index contributed by atoms with van der Waals surface area (Å²) in [6.45, 7) is 1.86. The smallest absolute Gasteiger partial charge is 0.259 e. The number of carbonyl (C=O) groups excluding carboxylic acids is 1. The first-order chi connectivity index (χ1) is 9.51. The number of anilines is 1. The van der Waals surface area contributed by atoms with E-state index in [2.05, 4.69) is 5.32 Å². The Balaban J connectivity index is 2.30. The third-order valence-electron chi connectivity index (χ3n) is 2.90. The van der Waals surface area contributed by atoms with Crippen LogP contribution in [0, 0.1) is 6.92 Å². The van der Waals surface area contributed by atoms with E-state index in [1.807, 2.05) is 13.0 Å². The van der Waals surface area contributed by atoms with Gasteiger partial charge in [-0.3, -0.25) is 4.79 Å². The summed E-state index contributed by atoms with van der Waals surface area (Å²) in [6.07, 6.45) is 0. The van der Waals surface area contributed by atoms with Crippen LogP contribution in [0.2, 0.25) is 5.02 Å². The van der Waals surface area contributed by atoms with Crippen molar-refractivity contribution in [3.63, 3.8) is 0 Å². The SMILES string of the molecule is COc1ccc(O)c(C(=O)Nc2cc(Cl)ccc2C)c1. The van der Waals surface area contributed by atoms with Crippen molar-refractivity contribution in [2.75, 3.05) is 12.4 Å². The topological polar surface area (TPSA) is 58.6 Å². The van der Waals surface area contributed by atoms with E-state index in [0.29, 0.717) is 16.5 Å². The summed E-state index contributed by atoms with van der Waals surface area (Å²) < 4.78 is 5.04. The van der Waals surface area contributed by atoms with Crippen LogP contribution in [0.25, 0.3) is 0 Å². The fourth-order valence-electron chi connectivity index (χ4n) is 1.74. The van der Waals surface area contributed by atoms with E-state index in [4.69, 9.17) is 16.3 Å². The molecule has 2 rings (SSSR count). The van der Waals surface area contributed by atoms with Crippen molar-refractivity contribution in [1.29, 1.82) is 0 Å². The molecule has 1 amide bonds. The number of benzene rings is 2. The van der Waals surface area contributed by atoms with Gasteiger partial charge in [-0.1, -0.05) is 17.7 Å². The van der Waals surface area contributed by atoms with E-state index in [0.717, 1.165) is 5.56 Å². The standard InChI is InChI=1S/C15H14ClNO3/c1-9-3-4-10(16)7-13(9)17-15(19)12-8-11(20-2)5-6-14(12)18/h3-8,18H,1-2H3,(H,17,19). The summed E-state index contributed by atoms with van der Waals surface area (Å²) >= 11 is 5.90. The zero-order valence-corrected chi connectivity index (χ0v) is 11.9. The predicted octanol–water partition coefficient (Wildman–Crippen LogP) is 3.61. The first-order valence-electron chi connectivity index (χ1n) is 5.96. The molecule has 4 nitrogen and oxygen atoms in total. The zero-order valence-electron chi connectivity index (χ0n) is 11.1. The summed E-state index contributed by atoms with van der Waals surface area (Å²) in [5, 5.41) is 13.0. The Morgan fingerprint density at radius 3 is 2.70 bits per heavy atom. The van der Waals surface area contributed by atoms with Crippen LogP contribution in [0.1, 0.15) is 15.9 Å². The largest absolute Gasteiger partial charge is 0.507 e. The molecule has 0 unspecified atom stereocenters. The monoisotopic (exact) mass is 291 g/mol. The van der Waals surface area contributed by atoms with E-state index in [1.54, 1.807) is 18.2 Å². The molecule has 104 valence electrons. The summed E-state index contributed by atoms with van der Waals surface area (Å²) in [4.78, 5) is 12.2. The van der Waals surface area contributed by atoms with Gasteiger partial charge in [0.2, 0.25) is 0 Å². The zero-order chi connectivity index (χ0) is 14.7. The van der Waals surface area contributed by atoms with Gasteiger partial charge in [0, 0.05) is 10.7 Å². The fourth-order valence-corrected chi connectivity index (χ4v) is 1.91. The number of rotatable bonds is 3. The Morgan fingerprint density at radius 2 is 2.00 bits per heavy atom. The molecule has 0 saturated heterocycles. The molecule has 0 bridgehead atoms. The molecule has 0 saturated carbocycles. The second kappa shape index (κ2) is 5.84. The molecule has 0 fully saturated rings. The van der Waals surface area contributed by atoms with Gasteiger partial charge >= 0.3 is 0 Å². The van der Waals surface area contributed by atoms with E-state index in [9.17, 15) is 9.90 Å². The van der Waals surface area contributed by atoms with Crippen molar-refractivity contribution in [3.05, 3.63) is 52.5 Å². The molecule has 0 radical (unpaired) electrons. The number of ether oxygens (including phenoxy) is 1. The van der Waals surface area contributed by atoms with Gasteiger partial charge in [-0.05, 0) is 42.8 Å². The van der Waals surface area contributed by atoms with Crippen LogP contribution < -0.4 is 10.1 Å². The van der Waals surface area contributed by atoms with E-state index in [-0.39, 0.29) is 11.3 Å². The average Bonchev–Trinajstić information content (AvgIpc) is 2.43. The first-order valence-corrected chi connectivity index (χ1v) is 6.33. The molecule has 0 aromatic heterocycles. The molecule has 0 heterocycles. The third kappa shape index (κ3) is 3.03. The molecule has 0 spiro atoms. The van der Waals surface area contributed by atoms with Gasteiger partial charge in [0.1, 0.15) is 11.5 Å². The van der Waals surface area contributed by atoms with Gasteiger partial charge in [-0.2, -0.15) is 0 Å². The number of phenolic OH excluding ortho intramolecular Hbond substituents is 1. The van der Waals surface area contributed by atoms with Crippen molar-refractivity contribution in [2.45, 2.75) is 6.92 Å². The lowest BCUT2D eigenvalue weighted by Gasteiger charge is -2.10. The number of phenols is 1. The van der Waals surface area contributed by atoms with Crippen molar-refractivity contribution in [2.24, 2.45) is 0 Å². The maximum atomic E-state index is 12.2. The molecule has 2 N–H and O–H groups in total. The van der Waals surface area contributed by atoms with Gasteiger partial charge < -0.3 is 15.2 Å². The minimum absolute atomic E-state index is 0.108. The third-order valence-corrected chi connectivity index (χ3v) is 3.13. The van der Waals surface area contributed by atoms with Gasteiger partial charge in [0.25, 0.3) is 5.91 Å². The van der Waals surface area contributed by atoms with Crippen LogP contribution in [-0.4, -0.2) is 18.1 Å². The second-order valence-electron chi connectivity index (χ2n) is 4.30. The summed E-state index contributed by atoms with van der Waals surface area (Å²) in [6, 6.07) is 9.69. The van der Waals surface area contributed by atoms with Gasteiger partial charge in [0.15, 0.2) is 0 Å². The Bertz CT molecular complexity index is 656. The Kier molecular flexibility index (Phi) is 4.15. The lowest BCUT2D eigenvalue weighted by molar-refractivity contribution is 0.102. The van der Waals surface area contributed by atoms with Crippen LogP contribution in [0.15, 0.2) is 36.4 Å². The van der Waals surface area contributed by atoms with Gasteiger partial charge in [-0.15, -0.1) is 0 Å². The van der Waals surface area contributed by atoms with Crippen molar-refractivity contribution >= 4 is 23.2 Å². The number of aryl methyl sites for hydroxylation is 1. The number of aromatic hydroxyl groups is 1. The normalized spacial score (nSPS) is 10.2. The number of nitrogens with one attached hydrogen (secondary N) is 1. The van der Waals surface area contributed by atoms with Crippen molar-refractivity contribution in [3.8, 4) is 11.5 Å². The van der Waals surface area contributed by atoms with Gasteiger partial charge in [-0.25, -0.2) is 0 Å². The highest BCUT2D eigenvalue weighted by molar-refractivity contribution is 6.31. The van der Waals surface area contributed by atoms with E-state index in [1.165, 1.54) is 19.2 Å². The maximum absolute atomic E-state index is 12.2. The predicted molar refractivity (Wildman–Crippen MR) is 78.8 cm³/mol. The minimum Gasteiger partial charge on any atom is -0.507 e. The van der Waals surface area contributed by atoms with Crippen molar-refractivity contribution < 1.29 is 14.6 Å². The summed E-state index contributed by atoms with van der Waals surface area (Å²) in [5.74, 6) is -0.0366. The Morgan fingerprint density at radius 1 is 1.25 bits per heavy atom. The number of hydrogen-bond donors (Lipinski definition) is 2. The number of hydrogen-bond acceptors (Lipinski definition) is 3. The van der Waals surface area contributed by atoms with Crippen LogP contribution in [0.3, 0.4) is 0 Å².